The molecular weight excluding hydrogens is 262 g/mol. The van der Waals surface area contributed by atoms with Gasteiger partial charge in [-0.05, 0) is 23.6 Å². The van der Waals surface area contributed by atoms with Gasteiger partial charge in [0.15, 0.2) is 0 Å². The largest absolute Gasteiger partial charge is 0.314 e. The summed E-state index contributed by atoms with van der Waals surface area (Å²) in [5, 5.41) is 16.5. The zero-order valence-electron chi connectivity index (χ0n) is 13.3. The minimum Gasteiger partial charge on any atom is -0.314 e. The number of nitrogens with zero attached hydrogens (tertiary/aromatic N) is 4. The fourth-order valence-electron chi connectivity index (χ4n) is 2.17. The molecule has 1 atom stereocenters. The summed E-state index contributed by atoms with van der Waals surface area (Å²) in [5.74, 6) is 1.77. The highest BCUT2D eigenvalue weighted by molar-refractivity contribution is 5.52. The van der Waals surface area contributed by atoms with Gasteiger partial charge < -0.3 is 5.32 Å². The quantitative estimate of drug-likeness (QED) is 0.851. The third kappa shape index (κ3) is 4.36. The fourth-order valence-corrected chi connectivity index (χ4v) is 2.17. The van der Waals surface area contributed by atoms with Crippen LogP contribution in [-0.2, 0) is 0 Å². The molecule has 0 saturated heterocycles. The van der Waals surface area contributed by atoms with E-state index < -0.39 is 0 Å². The van der Waals surface area contributed by atoms with Crippen molar-refractivity contribution in [1.82, 2.24) is 25.5 Å². The number of rotatable bonds is 7. The third-order valence-electron chi connectivity index (χ3n) is 3.43. The first-order valence-corrected chi connectivity index (χ1v) is 7.63. The number of benzene rings is 1. The predicted octanol–water partition coefficient (Wildman–Crippen LogP) is 2.78. The Morgan fingerprint density at radius 2 is 1.76 bits per heavy atom. The van der Waals surface area contributed by atoms with Crippen LogP contribution in [0.4, 0.5) is 0 Å². The van der Waals surface area contributed by atoms with Crippen molar-refractivity contribution in [3.8, 4) is 11.4 Å². The second kappa shape index (κ2) is 7.31. The molecule has 0 aliphatic heterocycles. The molecule has 114 valence electrons. The van der Waals surface area contributed by atoms with Crippen molar-refractivity contribution in [1.29, 1.82) is 0 Å². The van der Waals surface area contributed by atoms with E-state index in [0.717, 1.165) is 18.7 Å². The molecule has 1 N–H and O–H groups in total. The van der Waals surface area contributed by atoms with Crippen LogP contribution in [0.3, 0.4) is 0 Å². The number of aromatic nitrogens is 4. The molecule has 2 aromatic rings. The van der Waals surface area contributed by atoms with Crippen molar-refractivity contribution in [2.24, 2.45) is 11.8 Å². The van der Waals surface area contributed by atoms with Crippen LogP contribution in [-0.4, -0.2) is 33.3 Å². The molecule has 0 spiro atoms. The maximum Gasteiger partial charge on any atom is 0.204 e. The summed E-state index contributed by atoms with van der Waals surface area (Å²) < 4.78 is 0. The summed E-state index contributed by atoms with van der Waals surface area (Å²) in [4.78, 5) is 1.75. The van der Waals surface area contributed by atoms with Gasteiger partial charge in [-0.1, -0.05) is 58.0 Å². The van der Waals surface area contributed by atoms with Crippen LogP contribution in [0.25, 0.3) is 11.4 Å². The zero-order chi connectivity index (χ0) is 15.2. The van der Waals surface area contributed by atoms with E-state index in [4.69, 9.17) is 0 Å². The van der Waals surface area contributed by atoms with Crippen molar-refractivity contribution < 1.29 is 0 Å². The average Bonchev–Trinajstić information content (AvgIpc) is 2.93. The fraction of sp³-hybridized carbons (Fsp3) is 0.562. The Morgan fingerprint density at radius 1 is 1.05 bits per heavy atom. The van der Waals surface area contributed by atoms with E-state index in [-0.39, 0.29) is 6.04 Å². The molecule has 0 amide bonds. The van der Waals surface area contributed by atoms with E-state index in [1.807, 2.05) is 30.3 Å². The molecule has 1 aromatic carbocycles. The Balaban J connectivity index is 2.09. The van der Waals surface area contributed by atoms with Crippen LogP contribution in [0, 0.1) is 11.8 Å². The van der Waals surface area contributed by atoms with Crippen LogP contribution in [0.15, 0.2) is 30.3 Å². The van der Waals surface area contributed by atoms with Gasteiger partial charge in [0.2, 0.25) is 5.82 Å². The third-order valence-corrected chi connectivity index (χ3v) is 3.43. The molecule has 1 aromatic heterocycles. The molecular formula is C16H25N5. The molecule has 1 unspecified atom stereocenters. The summed E-state index contributed by atoms with van der Waals surface area (Å²) in [6, 6.07) is 10.2. The van der Waals surface area contributed by atoms with Crippen molar-refractivity contribution in [3.05, 3.63) is 30.3 Å². The Kier molecular flexibility index (Phi) is 5.44. The highest BCUT2D eigenvalue weighted by atomic mass is 15.6. The maximum absolute atomic E-state index is 4.55. The Bertz CT molecular complexity index is 533. The normalized spacial score (nSPS) is 13.0. The van der Waals surface area contributed by atoms with Gasteiger partial charge in [-0.25, -0.2) is 0 Å². The smallest absolute Gasteiger partial charge is 0.204 e. The number of tetrazole rings is 1. The molecule has 0 saturated carbocycles. The first-order valence-electron chi connectivity index (χ1n) is 7.63. The van der Waals surface area contributed by atoms with Crippen LogP contribution in [0.5, 0.6) is 0 Å². The van der Waals surface area contributed by atoms with Crippen LogP contribution in [0.1, 0.15) is 33.7 Å². The van der Waals surface area contributed by atoms with Gasteiger partial charge in [0, 0.05) is 12.1 Å². The molecule has 0 fully saturated rings. The molecule has 0 radical (unpaired) electrons. The summed E-state index contributed by atoms with van der Waals surface area (Å²) in [5.41, 5.74) is 1.00. The molecule has 1 heterocycles. The monoisotopic (exact) mass is 287 g/mol. The minimum absolute atomic E-state index is 0.216. The molecule has 2 rings (SSSR count). The lowest BCUT2D eigenvalue weighted by molar-refractivity contribution is 0.292. The summed E-state index contributed by atoms with van der Waals surface area (Å²) in [6.07, 6.45) is 0. The zero-order valence-corrected chi connectivity index (χ0v) is 13.3. The molecule has 0 aliphatic rings. The standard InChI is InChI=1S/C16H25N5/c1-12(2)10-17-11-15(13(3)4)21-19-16(18-20-21)14-8-6-5-7-9-14/h5-9,12-13,15,17H,10-11H2,1-4H3. The lowest BCUT2D eigenvalue weighted by Gasteiger charge is -2.20. The Hall–Kier alpha value is -1.75. The number of hydrogen-bond donors (Lipinski definition) is 1. The molecule has 0 aliphatic carbocycles. The van der Waals surface area contributed by atoms with Gasteiger partial charge in [-0.3, -0.25) is 0 Å². The highest BCUT2D eigenvalue weighted by Crippen LogP contribution is 2.17. The molecule has 0 bridgehead atoms. The van der Waals surface area contributed by atoms with Crippen molar-refractivity contribution in [2.45, 2.75) is 33.7 Å². The van der Waals surface area contributed by atoms with Crippen LogP contribution < -0.4 is 5.32 Å². The SMILES string of the molecule is CC(C)CNCC(C(C)C)n1nnc(-c2ccccc2)n1. The topological polar surface area (TPSA) is 55.6 Å². The van der Waals surface area contributed by atoms with E-state index in [1.54, 1.807) is 4.80 Å². The number of hydrogen-bond acceptors (Lipinski definition) is 4. The van der Waals surface area contributed by atoms with E-state index in [2.05, 4.69) is 48.4 Å². The predicted molar refractivity (Wildman–Crippen MR) is 84.8 cm³/mol. The second-order valence-corrected chi connectivity index (χ2v) is 6.16. The van der Waals surface area contributed by atoms with E-state index in [0.29, 0.717) is 17.7 Å². The Morgan fingerprint density at radius 3 is 2.38 bits per heavy atom. The van der Waals surface area contributed by atoms with Gasteiger partial charge in [-0.15, -0.1) is 10.2 Å². The molecule has 5 nitrogen and oxygen atoms in total. The molecule has 21 heavy (non-hydrogen) atoms. The highest BCUT2D eigenvalue weighted by Gasteiger charge is 2.19. The summed E-state index contributed by atoms with van der Waals surface area (Å²) in [7, 11) is 0. The molecule has 5 heteroatoms. The van der Waals surface area contributed by atoms with Gasteiger partial charge in [0.25, 0.3) is 0 Å². The first kappa shape index (κ1) is 15.6. The van der Waals surface area contributed by atoms with Gasteiger partial charge >= 0.3 is 0 Å². The summed E-state index contributed by atoms with van der Waals surface area (Å²) in [6.45, 7) is 10.7. The second-order valence-electron chi connectivity index (χ2n) is 6.16. The van der Waals surface area contributed by atoms with Crippen molar-refractivity contribution >= 4 is 0 Å². The van der Waals surface area contributed by atoms with Gasteiger partial charge in [0.1, 0.15) is 0 Å². The minimum atomic E-state index is 0.216. The van der Waals surface area contributed by atoms with E-state index in [9.17, 15) is 0 Å². The lowest BCUT2D eigenvalue weighted by atomic mass is 10.1. The average molecular weight is 287 g/mol. The van der Waals surface area contributed by atoms with E-state index >= 15 is 0 Å². The number of nitrogens with one attached hydrogen (secondary N) is 1. The van der Waals surface area contributed by atoms with Crippen molar-refractivity contribution in [3.63, 3.8) is 0 Å². The Labute approximate surface area is 126 Å². The summed E-state index contributed by atoms with van der Waals surface area (Å²) >= 11 is 0. The van der Waals surface area contributed by atoms with E-state index in [1.165, 1.54) is 0 Å². The van der Waals surface area contributed by atoms with Gasteiger partial charge in [0.05, 0.1) is 6.04 Å². The van der Waals surface area contributed by atoms with Crippen LogP contribution >= 0.6 is 0 Å². The first-order chi connectivity index (χ1) is 10.1. The van der Waals surface area contributed by atoms with Crippen molar-refractivity contribution in [2.75, 3.05) is 13.1 Å². The van der Waals surface area contributed by atoms with Crippen LogP contribution in [0.2, 0.25) is 0 Å². The lowest BCUT2D eigenvalue weighted by Crippen LogP contribution is -2.32. The maximum atomic E-state index is 4.55. The van der Waals surface area contributed by atoms with Gasteiger partial charge in [-0.2, -0.15) is 4.80 Å².